The zero-order valence-corrected chi connectivity index (χ0v) is 13.8. The molecular formula is C22H23N. The van der Waals surface area contributed by atoms with Crippen molar-refractivity contribution in [3.8, 4) is 0 Å². The van der Waals surface area contributed by atoms with Crippen LogP contribution in [0.3, 0.4) is 0 Å². The first-order chi connectivity index (χ1) is 11.3. The van der Waals surface area contributed by atoms with E-state index in [0.29, 0.717) is 11.3 Å². The van der Waals surface area contributed by atoms with Crippen LogP contribution in [0.5, 0.6) is 0 Å². The highest BCUT2D eigenvalue weighted by Gasteiger charge is 2.48. The second kappa shape index (κ2) is 4.74. The molecule has 0 saturated heterocycles. The lowest BCUT2D eigenvalue weighted by atomic mass is 9.78. The number of rotatable bonds is 1. The molecule has 1 heterocycles. The van der Waals surface area contributed by atoms with Crippen molar-refractivity contribution in [2.45, 2.75) is 43.4 Å². The van der Waals surface area contributed by atoms with E-state index >= 15 is 0 Å². The zero-order valence-electron chi connectivity index (χ0n) is 13.8. The topological polar surface area (TPSA) is 4.93 Å². The van der Waals surface area contributed by atoms with Gasteiger partial charge < -0.3 is 4.57 Å². The first-order valence-corrected chi connectivity index (χ1v) is 8.93. The Balaban J connectivity index is 1.82. The molecule has 0 bridgehead atoms. The number of hydrogen-bond donors (Lipinski definition) is 0. The Kier molecular flexibility index (Phi) is 2.76. The molecule has 0 aliphatic heterocycles. The van der Waals surface area contributed by atoms with Crippen LogP contribution >= 0.6 is 0 Å². The van der Waals surface area contributed by atoms with Gasteiger partial charge in [0.15, 0.2) is 0 Å². The fourth-order valence-corrected chi connectivity index (χ4v) is 5.43. The Bertz CT molecular complexity index is 866. The quantitative estimate of drug-likeness (QED) is 0.557. The number of aromatic nitrogens is 1. The number of hydrogen-bond acceptors (Lipinski definition) is 0. The molecule has 116 valence electrons. The van der Waals surface area contributed by atoms with Crippen LogP contribution < -0.4 is 0 Å². The zero-order chi connectivity index (χ0) is 15.4. The summed E-state index contributed by atoms with van der Waals surface area (Å²) in [6.45, 7) is 0. The fourth-order valence-electron chi connectivity index (χ4n) is 5.43. The van der Waals surface area contributed by atoms with Gasteiger partial charge in [0.05, 0.1) is 0 Å². The first kappa shape index (κ1) is 13.4. The third-order valence-corrected chi connectivity index (χ3v) is 6.37. The predicted octanol–water partition coefficient (Wildman–Crippen LogP) is 5.53. The largest absolute Gasteiger partial charge is 0.347 e. The normalized spacial score (nSPS) is 22.0. The molecule has 1 aromatic heterocycles. The van der Waals surface area contributed by atoms with Crippen molar-refractivity contribution >= 4 is 10.9 Å². The van der Waals surface area contributed by atoms with E-state index < -0.39 is 0 Å². The van der Waals surface area contributed by atoms with E-state index in [1.54, 1.807) is 11.3 Å². The molecule has 23 heavy (non-hydrogen) atoms. The van der Waals surface area contributed by atoms with Crippen molar-refractivity contribution in [1.82, 2.24) is 4.57 Å². The predicted molar refractivity (Wildman–Crippen MR) is 96.0 cm³/mol. The molecule has 1 fully saturated rings. The fraction of sp³-hybridized carbons (Fsp3) is 0.364. The third kappa shape index (κ3) is 1.74. The summed E-state index contributed by atoms with van der Waals surface area (Å²) >= 11 is 0. The molecule has 3 aromatic rings. The number of fused-ring (bicyclic) bond motifs is 4. The highest BCUT2D eigenvalue weighted by atomic mass is 15.0. The lowest BCUT2D eigenvalue weighted by Crippen LogP contribution is -2.18. The van der Waals surface area contributed by atoms with E-state index in [0.717, 1.165) is 0 Å². The molecule has 1 spiro atoms. The van der Waals surface area contributed by atoms with Crippen LogP contribution in [0.2, 0.25) is 0 Å². The van der Waals surface area contributed by atoms with Crippen molar-refractivity contribution in [3.63, 3.8) is 0 Å². The van der Waals surface area contributed by atoms with Gasteiger partial charge in [-0.2, -0.15) is 0 Å². The molecule has 1 heteroatoms. The number of para-hydroxylation sites is 1. The minimum Gasteiger partial charge on any atom is -0.347 e. The molecule has 1 nitrogen and oxygen atoms in total. The van der Waals surface area contributed by atoms with Gasteiger partial charge in [-0.15, -0.1) is 0 Å². The van der Waals surface area contributed by atoms with Crippen molar-refractivity contribution in [2.24, 2.45) is 7.05 Å². The van der Waals surface area contributed by atoms with Gasteiger partial charge in [0, 0.05) is 29.6 Å². The minimum atomic E-state index is 0.427. The van der Waals surface area contributed by atoms with Crippen LogP contribution in [0.25, 0.3) is 10.9 Å². The molecule has 0 radical (unpaired) electrons. The van der Waals surface area contributed by atoms with Crippen LogP contribution in [0.4, 0.5) is 0 Å². The molecule has 2 aliphatic rings. The van der Waals surface area contributed by atoms with Gasteiger partial charge in [-0.1, -0.05) is 61.4 Å². The lowest BCUT2D eigenvalue weighted by molar-refractivity contribution is 0.425. The number of benzene rings is 2. The van der Waals surface area contributed by atoms with Gasteiger partial charge in [-0.05, 0) is 41.9 Å². The highest BCUT2D eigenvalue weighted by Crippen LogP contribution is 2.58. The Morgan fingerprint density at radius 3 is 2.39 bits per heavy atom. The maximum Gasteiger partial charge on any atom is 0.0483 e. The molecule has 1 saturated carbocycles. The Morgan fingerprint density at radius 1 is 0.913 bits per heavy atom. The monoisotopic (exact) mass is 301 g/mol. The van der Waals surface area contributed by atoms with E-state index in [2.05, 4.69) is 66.2 Å². The maximum atomic E-state index is 2.48. The molecule has 0 N–H and O–H groups in total. The van der Waals surface area contributed by atoms with Crippen LogP contribution in [0.15, 0.2) is 54.6 Å². The first-order valence-electron chi connectivity index (χ1n) is 8.93. The summed E-state index contributed by atoms with van der Waals surface area (Å²) in [5.74, 6) is 0.557. The van der Waals surface area contributed by atoms with Gasteiger partial charge in [0.2, 0.25) is 0 Å². The minimum absolute atomic E-state index is 0.427. The smallest absolute Gasteiger partial charge is 0.0483 e. The van der Waals surface area contributed by atoms with Gasteiger partial charge in [-0.25, -0.2) is 0 Å². The Hall–Kier alpha value is -2.02. The summed E-state index contributed by atoms with van der Waals surface area (Å²) in [5, 5.41) is 1.50. The van der Waals surface area contributed by atoms with Gasteiger partial charge in [0.25, 0.3) is 0 Å². The van der Waals surface area contributed by atoms with Crippen molar-refractivity contribution < 1.29 is 0 Å². The standard InChI is InChI=1S/C22H23N/c1-23-19-12-6-5-11-17(19)20-21(23)18(16-9-3-2-4-10-16)15-22(20)13-7-8-14-22/h2-6,9-12,18H,7-8,13-15H2,1H3. The van der Waals surface area contributed by atoms with E-state index in [4.69, 9.17) is 0 Å². The Labute approximate surface area is 137 Å². The SMILES string of the molecule is Cn1c2c(c3ccccc31)C1(CCCC1)CC2c1ccccc1. The van der Waals surface area contributed by atoms with E-state index in [1.165, 1.54) is 48.6 Å². The third-order valence-electron chi connectivity index (χ3n) is 6.37. The maximum absolute atomic E-state index is 2.48. The van der Waals surface area contributed by atoms with Crippen LogP contribution in [0.1, 0.15) is 54.8 Å². The molecule has 2 aliphatic carbocycles. The molecule has 5 rings (SSSR count). The second-order valence-corrected chi connectivity index (χ2v) is 7.49. The van der Waals surface area contributed by atoms with E-state index in [-0.39, 0.29) is 0 Å². The van der Waals surface area contributed by atoms with Crippen molar-refractivity contribution in [3.05, 3.63) is 71.4 Å². The van der Waals surface area contributed by atoms with Gasteiger partial charge in [0.1, 0.15) is 0 Å². The number of nitrogens with zero attached hydrogens (tertiary/aromatic N) is 1. The lowest BCUT2D eigenvalue weighted by Gasteiger charge is -2.25. The molecule has 2 aromatic carbocycles. The highest BCUT2D eigenvalue weighted by molar-refractivity contribution is 5.88. The summed E-state index contributed by atoms with van der Waals surface area (Å²) in [5.41, 5.74) is 6.59. The average molecular weight is 301 g/mol. The molecular weight excluding hydrogens is 278 g/mol. The van der Waals surface area contributed by atoms with Gasteiger partial charge in [-0.3, -0.25) is 0 Å². The summed E-state index contributed by atoms with van der Waals surface area (Å²) in [6.07, 6.45) is 6.84. The Morgan fingerprint density at radius 2 is 1.61 bits per heavy atom. The van der Waals surface area contributed by atoms with E-state index in [9.17, 15) is 0 Å². The summed E-state index contributed by atoms with van der Waals surface area (Å²) in [4.78, 5) is 0. The van der Waals surface area contributed by atoms with Gasteiger partial charge >= 0.3 is 0 Å². The summed E-state index contributed by atoms with van der Waals surface area (Å²) < 4.78 is 2.48. The van der Waals surface area contributed by atoms with Crippen LogP contribution in [-0.4, -0.2) is 4.57 Å². The average Bonchev–Trinajstić information content (AvgIpc) is 3.27. The molecule has 1 unspecified atom stereocenters. The van der Waals surface area contributed by atoms with E-state index in [1.807, 2.05) is 0 Å². The summed E-state index contributed by atoms with van der Waals surface area (Å²) in [7, 11) is 2.27. The number of aryl methyl sites for hydroxylation is 1. The second-order valence-electron chi connectivity index (χ2n) is 7.49. The summed E-state index contributed by atoms with van der Waals surface area (Å²) in [6, 6.07) is 20.2. The van der Waals surface area contributed by atoms with Crippen LogP contribution in [-0.2, 0) is 12.5 Å². The molecule has 1 atom stereocenters. The molecule has 0 amide bonds. The van der Waals surface area contributed by atoms with Crippen molar-refractivity contribution in [2.75, 3.05) is 0 Å². The van der Waals surface area contributed by atoms with Crippen molar-refractivity contribution in [1.29, 1.82) is 0 Å². The van der Waals surface area contributed by atoms with Crippen LogP contribution in [0, 0.1) is 0 Å².